The second-order valence-electron chi connectivity index (χ2n) is 5.41. The Morgan fingerprint density at radius 3 is 2.64 bits per heavy atom. The van der Waals surface area contributed by atoms with Gasteiger partial charge in [0.25, 0.3) is 5.91 Å². The number of halogens is 3. The van der Waals surface area contributed by atoms with Gasteiger partial charge in [-0.1, -0.05) is 6.07 Å². The molecule has 1 aromatic heterocycles. The summed E-state index contributed by atoms with van der Waals surface area (Å²) in [5.74, 6) is -0.0865. The van der Waals surface area contributed by atoms with E-state index in [1.807, 2.05) is 18.4 Å². The quantitative estimate of drug-likeness (QED) is 0.754. The fourth-order valence-electron chi connectivity index (χ4n) is 2.38. The molecular formula is C16H18F3N3O2S. The predicted octanol–water partition coefficient (Wildman–Crippen LogP) is 3.44. The average Bonchev–Trinajstić information content (AvgIpc) is 2.96. The highest BCUT2D eigenvalue weighted by Gasteiger charge is 2.39. The third-order valence-corrected chi connectivity index (χ3v) is 4.32. The minimum absolute atomic E-state index is 0.149. The lowest BCUT2D eigenvalue weighted by atomic mass is 10.1. The number of methoxy groups -OCH3 is 1. The summed E-state index contributed by atoms with van der Waals surface area (Å²) < 4.78 is 45.4. The van der Waals surface area contributed by atoms with Crippen LogP contribution in [-0.4, -0.2) is 41.0 Å². The Hall–Kier alpha value is -2.16. The lowest BCUT2D eigenvalue weighted by Crippen LogP contribution is -2.28. The number of amides is 1. The Labute approximate surface area is 147 Å². The number of alkyl halides is 3. The van der Waals surface area contributed by atoms with Crippen molar-refractivity contribution in [2.75, 3.05) is 20.4 Å². The smallest absolute Gasteiger partial charge is 0.435 e. The van der Waals surface area contributed by atoms with Crippen molar-refractivity contribution in [1.82, 2.24) is 14.7 Å². The van der Waals surface area contributed by atoms with E-state index in [0.29, 0.717) is 5.75 Å². The summed E-state index contributed by atoms with van der Waals surface area (Å²) in [7, 11) is 4.33. The molecule has 0 aliphatic carbocycles. The summed E-state index contributed by atoms with van der Waals surface area (Å²) in [6.45, 7) is 0.149. The van der Waals surface area contributed by atoms with Crippen molar-refractivity contribution < 1.29 is 22.7 Å². The molecule has 5 nitrogen and oxygen atoms in total. The van der Waals surface area contributed by atoms with Gasteiger partial charge in [0.1, 0.15) is 5.75 Å². The van der Waals surface area contributed by atoms with Gasteiger partial charge in [-0.3, -0.25) is 9.48 Å². The zero-order valence-corrected chi connectivity index (χ0v) is 15.0. The van der Waals surface area contributed by atoms with Gasteiger partial charge < -0.3 is 9.64 Å². The van der Waals surface area contributed by atoms with Crippen LogP contribution >= 0.6 is 11.8 Å². The lowest BCUT2D eigenvalue weighted by molar-refractivity contribution is -0.141. The fraction of sp³-hybridized carbons (Fsp3) is 0.375. The molecular weight excluding hydrogens is 355 g/mol. The van der Waals surface area contributed by atoms with Gasteiger partial charge in [-0.15, -0.1) is 11.8 Å². The second-order valence-corrected chi connectivity index (χ2v) is 6.26. The molecule has 0 fully saturated rings. The van der Waals surface area contributed by atoms with Crippen LogP contribution in [0.15, 0.2) is 29.3 Å². The summed E-state index contributed by atoms with van der Waals surface area (Å²) in [5, 5.41) is 3.36. The molecule has 136 valence electrons. The van der Waals surface area contributed by atoms with Crippen LogP contribution in [0.1, 0.15) is 21.6 Å². The molecule has 1 heterocycles. The van der Waals surface area contributed by atoms with E-state index in [0.717, 1.165) is 21.3 Å². The van der Waals surface area contributed by atoms with Crippen LogP contribution in [0.25, 0.3) is 0 Å². The number of rotatable bonds is 5. The Balaban J connectivity index is 2.24. The number of carbonyl (C=O) groups excluding carboxylic acids is 1. The van der Waals surface area contributed by atoms with Crippen LogP contribution in [0.4, 0.5) is 13.2 Å². The van der Waals surface area contributed by atoms with Gasteiger partial charge in [0.15, 0.2) is 5.69 Å². The number of benzene rings is 1. The van der Waals surface area contributed by atoms with Crippen LogP contribution < -0.4 is 4.74 Å². The van der Waals surface area contributed by atoms with Gasteiger partial charge in [-0.25, -0.2) is 0 Å². The summed E-state index contributed by atoms with van der Waals surface area (Å²) >= 11 is 1.52. The molecule has 0 saturated heterocycles. The highest BCUT2D eigenvalue weighted by Crippen LogP contribution is 2.32. The SMILES string of the molecule is COc1cc(CN(C)C(=O)c2cn(C)nc2C(F)(F)F)ccc1SC. The summed E-state index contributed by atoms with van der Waals surface area (Å²) in [6.07, 6.45) is -1.69. The van der Waals surface area contributed by atoms with Gasteiger partial charge in [0.05, 0.1) is 12.7 Å². The Morgan fingerprint density at radius 1 is 1.40 bits per heavy atom. The first-order valence-electron chi connectivity index (χ1n) is 7.24. The molecule has 1 amide bonds. The number of hydrogen-bond donors (Lipinski definition) is 0. The summed E-state index contributed by atoms with van der Waals surface area (Å²) in [5.41, 5.74) is -0.893. The normalized spacial score (nSPS) is 11.5. The molecule has 2 aromatic rings. The van der Waals surface area contributed by atoms with Gasteiger partial charge in [-0.2, -0.15) is 18.3 Å². The van der Waals surface area contributed by atoms with Crippen LogP contribution in [0.5, 0.6) is 5.75 Å². The van der Waals surface area contributed by atoms with Crippen molar-refractivity contribution in [2.45, 2.75) is 17.6 Å². The van der Waals surface area contributed by atoms with Gasteiger partial charge in [-0.05, 0) is 24.0 Å². The van der Waals surface area contributed by atoms with Crippen molar-refractivity contribution in [2.24, 2.45) is 7.05 Å². The molecule has 25 heavy (non-hydrogen) atoms. The maximum absolute atomic E-state index is 13.0. The van der Waals surface area contributed by atoms with E-state index in [4.69, 9.17) is 4.74 Å². The number of hydrogen-bond acceptors (Lipinski definition) is 4. The minimum atomic E-state index is -4.68. The first-order valence-corrected chi connectivity index (χ1v) is 8.47. The number of aryl methyl sites for hydroxylation is 1. The number of carbonyl (C=O) groups is 1. The van der Waals surface area contributed by atoms with E-state index >= 15 is 0 Å². The van der Waals surface area contributed by atoms with E-state index in [1.54, 1.807) is 13.2 Å². The van der Waals surface area contributed by atoms with Crippen LogP contribution in [-0.2, 0) is 19.8 Å². The van der Waals surface area contributed by atoms with Gasteiger partial charge in [0, 0.05) is 31.7 Å². The molecule has 0 aliphatic rings. The molecule has 0 atom stereocenters. The van der Waals surface area contributed by atoms with E-state index in [-0.39, 0.29) is 6.54 Å². The fourth-order valence-corrected chi connectivity index (χ4v) is 2.93. The molecule has 0 N–H and O–H groups in total. The first kappa shape index (κ1) is 19.2. The van der Waals surface area contributed by atoms with E-state index in [1.165, 1.54) is 30.8 Å². The van der Waals surface area contributed by atoms with E-state index < -0.39 is 23.3 Å². The zero-order chi connectivity index (χ0) is 18.8. The molecule has 0 spiro atoms. The Kier molecular flexibility index (Phi) is 5.66. The van der Waals surface area contributed by atoms with E-state index in [2.05, 4.69) is 5.10 Å². The zero-order valence-electron chi connectivity index (χ0n) is 14.2. The molecule has 0 aliphatic heterocycles. The number of aromatic nitrogens is 2. The highest BCUT2D eigenvalue weighted by molar-refractivity contribution is 7.98. The van der Waals surface area contributed by atoms with E-state index in [9.17, 15) is 18.0 Å². The van der Waals surface area contributed by atoms with Crippen molar-refractivity contribution >= 4 is 17.7 Å². The number of nitrogens with zero attached hydrogens (tertiary/aromatic N) is 3. The van der Waals surface area contributed by atoms with Crippen LogP contribution in [0.3, 0.4) is 0 Å². The molecule has 0 bridgehead atoms. The topological polar surface area (TPSA) is 47.4 Å². The average molecular weight is 373 g/mol. The third-order valence-electron chi connectivity index (χ3n) is 3.54. The standard InChI is InChI=1S/C16H18F3N3O2S/c1-21(8-10-5-6-13(25-4)12(7-10)24-3)15(23)11-9-22(2)20-14(11)16(17,18)19/h5-7,9H,8H2,1-4H3. The molecule has 2 rings (SSSR count). The summed E-state index contributed by atoms with van der Waals surface area (Å²) in [6, 6.07) is 5.43. The molecule has 0 unspecified atom stereocenters. The Bertz CT molecular complexity index is 774. The molecule has 0 saturated carbocycles. The minimum Gasteiger partial charge on any atom is -0.496 e. The monoisotopic (exact) mass is 373 g/mol. The third kappa shape index (κ3) is 4.28. The first-order chi connectivity index (χ1) is 11.7. The number of ether oxygens (including phenoxy) is 1. The molecule has 9 heteroatoms. The van der Waals surface area contributed by atoms with Crippen molar-refractivity contribution in [3.63, 3.8) is 0 Å². The lowest BCUT2D eigenvalue weighted by Gasteiger charge is -2.18. The van der Waals surface area contributed by atoms with Gasteiger partial charge in [0.2, 0.25) is 0 Å². The van der Waals surface area contributed by atoms with Crippen molar-refractivity contribution in [3.8, 4) is 5.75 Å². The van der Waals surface area contributed by atoms with Crippen LogP contribution in [0.2, 0.25) is 0 Å². The maximum atomic E-state index is 13.0. The predicted molar refractivity (Wildman–Crippen MR) is 88.8 cm³/mol. The van der Waals surface area contributed by atoms with Crippen LogP contribution in [0, 0.1) is 0 Å². The highest BCUT2D eigenvalue weighted by atomic mass is 32.2. The second kappa shape index (κ2) is 7.38. The molecule has 1 aromatic carbocycles. The van der Waals surface area contributed by atoms with Crippen molar-refractivity contribution in [1.29, 1.82) is 0 Å². The molecule has 0 radical (unpaired) electrons. The Morgan fingerprint density at radius 2 is 2.08 bits per heavy atom. The maximum Gasteiger partial charge on any atom is 0.435 e. The number of thioether (sulfide) groups is 1. The largest absolute Gasteiger partial charge is 0.496 e. The van der Waals surface area contributed by atoms with Gasteiger partial charge >= 0.3 is 6.18 Å². The van der Waals surface area contributed by atoms with Crippen molar-refractivity contribution in [3.05, 3.63) is 41.2 Å². The summed E-state index contributed by atoms with van der Waals surface area (Å²) in [4.78, 5) is 14.6.